The van der Waals surface area contributed by atoms with E-state index in [1.807, 2.05) is 37.4 Å². The summed E-state index contributed by atoms with van der Waals surface area (Å²) in [6, 6.07) is 14.3. The molecule has 2 aliphatic rings. The van der Waals surface area contributed by atoms with Crippen LogP contribution in [0.4, 0.5) is 0 Å². The molecule has 1 aromatic carbocycles. The maximum absolute atomic E-state index is 13.8. The lowest BCUT2D eigenvalue weighted by atomic mass is 9.53. The zero-order valence-electron chi connectivity index (χ0n) is 23.5. The van der Waals surface area contributed by atoms with E-state index in [1.165, 1.54) is 0 Å². The number of esters is 1. The highest BCUT2D eigenvalue weighted by atomic mass is 16.6. The Balaban J connectivity index is 1.59. The molecule has 6 heteroatoms. The molecule has 0 spiro atoms. The van der Waals surface area contributed by atoms with E-state index in [2.05, 4.69) is 73.2 Å². The number of carbonyl (C=O) groups excluding carboxylic acids is 2. The minimum atomic E-state index is -1.15. The van der Waals surface area contributed by atoms with Gasteiger partial charge in [0.15, 0.2) is 5.41 Å². The molecule has 2 heterocycles. The number of hydrogen-bond acceptors (Lipinski definition) is 5. The number of ether oxygens (including phenoxy) is 1. The summed E-state index contributed by atoms with van der Waals surface area (Å²) in [6.07, 6.45) is 7.33. The molecule has 1 saturated heterocycles. The number of cyclic esters (lactones) is 1. The zero-order valence-corrected chi connectivity index (χ0v) is 23.5. The van der Waals surface area contributed by atoms with Crippen molar-refractivity contribution in [2.45, 2.75) is 53.6 Å². The van der Waals surface area contributed by atoms with Gasteiger partial charge in [0.05, 0.1) is 5.69 Å². The second kappa shape index (κ2) is 12.2. The lowest BCUT2D eigenvalue weighted by Crippen LogP contribution is -2.56. The average Bonchev–Trinajstić information content (AvgIpc) is 3.19. The quantitative estimate of drug-likeness (QED) is 0.335. The van der Waals surface area contributed by atoms with Crippen LogP contribution in [0.15, 0.2) is 54.7 Å². The van der Waals surface area contributed by atoms with Crippen LogP contribution in [0.3, 0.4) is 0 Å². The van der Waals surface area contributed by atoms with E-state index < -0.39 is 5.41 Å². The van der Waals surface area contributed by atoms with E-state index >= 15 is 0 Å². The van der Waals surface area contributed by atoms with Crippen molar-refractivity contribution in [2.75, 3.05) is 26.2 Å². The molecule has 1 aromatic heterocycles. The lowest BCUT2D eigenvalue weighted by molar-refractivity contribution is -0.157. The number of fused-ring (bicyclic) bond motifs is 1. The summed E-state index contributed by atoms with van der Waals surface area (Å²) in [5, 5.41) is 3.12. The van der Waals surface area contributed by atoms with Crippen molar-refractivity contribution in [1.29, 1.82) is 0 Å². The molecular weight excluding hydrogens is 474 g/mol. The van der Waals surface area contributed by atoms with Crippen LogP contribution in [0.2, 0.25) is 0 Å². The van der Waals surface area contributed by atoms with E-state index in [1.54, 1.807) is 0 Å². The van der Waals surface area contributed by atoms with Crippen LogP contribution >= 0.6 is 0 Å². The number of aromatic nitrogens is 1. The molecule has 2 fully saturated rings. The fourth-order valence-corrected chi connectivity index (χ4v) is 6.86. The van der Waals surface area contributed by atoms with Gasteiger partial charge in [-0.3, -0.25) is 14.6 Å². The van der Waals surface area contributed by atoms with Gasteiger partial charge in [0, 0.05) is 30.8 Å². The first-order chi connectivity index (χ1) is 18.3. The van der Waals surface area contributed by atoms with Crippen molar-refractivity contribution in [2.24, 2.45) is 29.1 Å². The topological polar surface area (TPSA) is 71.5 Å². The van der Waals surface area contributed by atoms with Gasteiger partial charge in [0.25, 0.3) is 0 Å². The van der Waals surface area contributed by atoms with E-state index in [4.69, 9.17) is 4.74 Å². The van der Waals surface area contributed by atoms with E-state index in [9.17, 15) is 9.59 Å². The van der Waals surface area contributed by atoms with Crippen molar-refractivity contribution in [3.63, 3.8) is 0 Å². The third kappa shape index (κ3) is 5.42. The van der Waals surface area contributed by atoms with Crippen molar-refractivity contribution >= 4 is 18.0 Å². The number of hydrogen-bond donors (Lipinski definition) is 1. The molecule has 1 aliphatic carbocycles. The standard InChI is InChI=1S/C32H43N3O3/c1-6-27-22(4)20-32(30(36)33-18-19-35(7-2)8-3)29(23(5)38-31(32)37)28(27)17-16-26-15-14-25(21-34-26)24-12-10-9-11-13-24/h9-17,21-23,27-29H,6-8,18-20H2,1-5H3,(H,33,36)/b17-16+/t22?,23?,27?,28?,29?,32-/m1/s1. The summed E-state index contributed by atoms with van der Waals surface area (Å²) in [5.74, 6) is -0.132. The van der Waals surface area contributed by atoms with E-state index in [-0.39, 0.29) is 35.7 Å². The van der Waals surface area contributed by atoms with Crippen LogP contribution in [0.1, 0.15) is 53.2 Å². The molecule has 5 unspecified atom stereocenters. The number of nitrogens with one attached hydrogen (secondary N) is 1. The zero-order chi connectivity index (χ0) is 27.3. The Kier molecular flexibility index (Phi) is 9.03. The van der Waals surface area contributed by atoms with Crippen LogP contribution in [-0.4, -0.2) is 54.0 Å². The van der Waals surface area contributed by atoms with Crippen molar-refractivity contribution in [3.8, 4) is 11.1 Å². The van der Waals surface area contributed by atoms with Gasteiger partial charge in [-0.25, -0.2) is 0 Å². The van der Waals surface area contributed by atoms with Crippen LogP contribution in [0, 0.1) is 29.1 Å². The van der Waals surface area contributed by atoms with Gasteiger partial charge < -0.3 is 15.0 Å². The fraction of sp³-hybridized carbons (Fsp3) is 0.531. The van der Waals surface area contributed by atoms with Gasteiger partial charge in [0.1, 0.15) is 6.10 Å². The molecule has 1 amide bonds. The summed E-state index contributed by atoms with van der Waals surface area (Å²) in [4.78, 5) is 34.1. The van der Waals surface area contributed by atoms with Gasteiger partial charge >= 0.3 is 5.97 Å². The second-order valence-electron chi connectivity index (χ2n) is 10.9. The first kappa shape index (κ1) is 28.0. The van der Waals surface area contributed by atoms with Gasteiger partial charge in [-0.05, 0) is 61.9 Å². The predicted molar refractivity (Wildman–Crippen MR) is 152 cm³/mol. The van der Waals surface area contributed by atoms with Crippen LogP contribution in [0.25, 0.3) is 17.2 Å². The molecule has 6 atom stereocenters. The summed E-state index contributed by atoms with van der Waals surface area (Å²) < 4.78 is 5.83. The van der Waals surface area contributed by atoms with Crippen molar-refractivity contribution in [1.82, 2.24) is 15.2 Å². The number of benzene rings is 1. The monoisotopic (exact) mass is 517 g/mol. The fourth-order valence-electron chi connectivity index (χ4n) is 6.86. The third-order valence-corrected chi connectivity index (χ3v) is 8.88. The maximum atomic E-state index is 13.8. The highest BCUT2D eigenvalue weighted by Gasteiger charge is 2.66. The van der Waals surface area contributed by atoms with Crippen molar-refractivity contribution < 1.29 is 14.3 Å². The summed E-state index contributed by atoms with van der Waals surface area (Å²) >= 11 is 0. The molecule has 0 bridgehead atoms. The molecule has 6 nitrogen and oxygen atoms in total. The molecule has 1 saturated carbocycles. The molecule has 1 N–H and O–H groups in total. The third-order valence-electron chi connectivity index (χ3n) is 8.88. The Morgan fingerprint density at radius 1 is 1.11 bits per heavy atom. The second-order valence-corrected chi connectivity index (χ2v) is 10.9. The van der Waals surface area contributed by atoms with Crippen molar-refractivity contribution in [3.05, 3.63) is 60.4 Å². The highest BCUT2D eigenvalue weighted by molar-refractivity contribution is 6.04. The number of amides is 1. The highest BCUT2D eigenvalue weighted by Crippen LogP contribution is 2.57. The largest absolute Gasteiger partial charge is 0.461 e. The van der Waals surface area contributed by atoms with E-state index in [0.29, 0.717) is 18.9 Å². The maximum Gasteiger partial charge on any atom is 0.322 e. The van der Waals surface area contributed by atoms with Gasteiger partial charge in [0.2, 0.25) is 5.91 Å². The number of pyridine rings is 1. The summed E-state index contributed by atoms with van der Waals surface area (Å²) in [6.45, 7) is 13.7. The Labute approximate surface area is 227 Å². The van der Waals surface area contributed by atoms with Gasteiger partial charge in [-0.15, -0.1) is 0 Å². The first-order valence-electron chi connectivity index (χ1n) is 14.3. The Bertz CT molecular complexity index is 1110. The normalized spacial score (nSPS) is 28.9. The van der Waals surface area contributed by atoms with Crippen LogP contribution in [0.5, 0.6) is 0 Å². The molecule has 4 rings (SSSR count). The minimum absolute atomic E-state index is 0.0364. The Morgan fingerprint density at radius 2 is 1.84 bits per heavy atom. The predicted octanol–water partition coefficient (Wildman–Crippen LogP) is 5.45. The lowest BCUT2D eigenvalue weighted by Gasteiger charge is -2.47. The molecule has 0 radical (unpaired) electrons. The smallest absolute Gasteiger partial charge is 0.322 e. The number of carbonyl (C=O) groups is 2. The van der Waals surface area contributed by atoms with Gasteiger partial charge in [-0.2, -0.15) is 0 Å². The SMILES string of the molecule is CCC1C(C)C[C@@]2(C(=O)NCCN(CC)CC)C(=O)OC(C)C2C1/C=C/c1ccc(-c2ccccc2)cn1. The minimum Gasteiger partial charge on any atom is -0.461 e. The average molecular weight is 518 g/mol. The van der Waals surface area contributed by atoms with E-state index in [0.717, 1.165) is 42.9 Å². The van der Waals surface area contributed by atoms with Crippen LogP contribution < -0.4 is 5.32 Å². The summed E-state index contributed by atoms with van der Waals surface area (Å²) in [5.41, 5.74) is 1.93. The Morgan fingerprint density at radius 3 is 2.47 bits per heavy atom. The molecule has 38 heavy (non-hydrogen) atoms. The van der Waals surface area contributed by atoms with Gasteiger partial charge in [-0.1, -0.05) is 76.6 Å². The Hall–Kier alpha value is -2.99. The number of rotatable bonds is 10. The number of likely N-dealkylation sites (N-methyl/N-ethyl adjacent to an activating group) is 1. The molecule has 204 valence electrons. The molecular formula is C32H43N3O3. The first-order valence-corrected chi connectivity index (χ1v) is 14.3. The molecule has 2 aromatic rings. The molecule has 1 aliphatic heterocycles. The summed E-state index contributed by atoms with van der Waals surface area (Å²) in [7, 11) is 0. The number of nitrogens with zero attached hydrogens (tertiary/aromatic N) is 2. The van der Waals surface area contributed by atoms with Crippen LogP contribution in [-0.2, 0) is 14.3 Å². The number of allylic oxidation sites excluding steroid dienone is 1.